The minimum Gasteiger partial charge on any atom is -0.398 e. The molecule has 0 heterocycles. The Balaban J connectivity index is 2.72. The average Bonchev–Trinajstić information content (AvgIpc) is 2.29. The Bertz CT molecular complexity index is 436. The van der Waals surface area contributed by atoms with Gasteiger partial charge < -0.3 is 11.1 Å². The molecule has 0 fully saturated rings. The van der Waals surface area contributed by atoms with Gasteiger partial charge in [0.05, 0.1) is 0 Å². The van der Waals surface area contributed by atoms with Crippen molar-refractivity contribution in [2.75, 3.05) is 12.3 Å². The topological polar surface area (TPSA) is 55.1 Å². The number of anilines is 1. The van der Waals surface area contributed by atoms with Crippen molar-refractivity contribution >= 4 is 11.6 Å². The minimum atomic E-state index is -0.0568. The number of carbonyl (C=O) groups excluding carboxylic acids is 1. The molecule has 0 spiro atoms. The molecule has 3 N–H and O–H groups in total. The summed E-state index contributed by atoms with van der Waals surface area (Å²) >= 11 is 0. The van der Waals surface area contributed by atoms with E-state index in [0.29, 0.717) is 17.8 Å². The van der Waals surface area contributed by atoms with Gasteiger partial charge in [-0.25, -0.2) is 0 Å². The fourth-order valence-corrected chi connectivity index (χ4v) is 1.64. The highest BCUT2D eigenvalue weighted by atomic mass is 16.1. The van der Waals surface area contributed by atoms with Crippen molar-refractivity contribution in [2.24, 2.45) is 0 Å². The SMILES string of the molecule is C/C=C/CCNC(=O)c1cc(N)c(C)cc1C. The number of allylic oxidation sites excluding steroid dienone is 1. The van der Waals surface area contributed by atoms with Crippen LogP contribution < -0.4 is 11.1 Å². The molecule has 3 nitrogen and oxygen atoms in total. The normalized spacial score (nSPS) is 10.8. The molecule has 92 valence electrons. The van der Waals surface area contributed by atoms with Crippen LogP contribution in [-0.4, -0.2) is 12.5 Å². The number of aryl methyl sites for hydroxylation is 2. The van der Waals surface area contributed by atoms with Crippen LogP contribution in [-0.2, 0) is 0 Å². The summed E-state index contributed by atoms with van der Waals surface area (Å²) in [6.45, 7) is 6.48. The van der Waals surface area contributed by atoms with E-state index in [-0.39, 0.29) is 5.91 Å². The molecule has 1 amide bonds. The van der Waals surface area contributed by atoms with E-state index >= 15 is 0 Å². The van der Waals surface area contributed by atoms with E-state index in [9.17, 15) is 4.79 Å². The molecule has 0 aliphatic carbocycles. The van der Waals surface area contributed by atoms with Gasteiger partial charge in [0, 0.05) is 17.8 Å². The minimum absolute atomic E-state index is 0.0568. The van der Waals surface area contributed by atoms with Crippen LogP contribution in [0.1, 0.15) is 34.8 Å². The fourth-order valence-electron chi connectivity index (χ4n) is 1.64. The molecule has 1 rings (SSSR count). The van der Waals surface area contributed by atoms with Crippen molar-refractivity contribution in [2.45, 2.75) is 27.2 Å². The molecule has 3 heteroatoms. The summed E-state index contributed by atoms with van der Waals surface area (Å²) in [5.74, 6) is -0.0568. The molecule has 0 radical (unpaired) electrons. The third kappa shape index (κ3) is 3.63. The van der Waals surface area contributed by atoms with E-state index in [1.807, 2.05) is 39.0 Å². The highest BCUT2D eigenvalue weighted by molar-refractivity contribution is 5.96. The van der Waals surface area contributed by atoms with E-state index in [2.05, 4.69) is 5.32 Å². The molecule has 0 unspecified atom stereocenters. The lowest BCUT2D eigenvalue weighted by Gasteiger charge is -2.09. The summed E-state index contributed by atoms with van der Waals surface area (Å²) < 4.78 is 0. The van der Waals surface area contributed by atoms with Gasteiger partial charge in [0.2, 0.25) is 0 Å². The first-order valence-corrected chi connectivity index (χ1v) is 5.82. The molecule has 0 atom stereocenters. The van der Waals surface area contributed by atoms with Gasteiger partial charge in [-0.1, -0.05) is 18.2 Å². The standard InChI is InChI=1S/C14H20N2O/c1-4-5-6-7-16-14(17)12-9-13(15)11(3)8-10(12)2/h4-5,8-9H,6-7,15H2,1-3H3,(H,16,17)/b5-4+. The maximum atomic E-state index is 11.9. The molecule has 17 heavy (non-hydrogen) atoms. The first kappa shape index (κ1) is 13.3. The summed E-state index contributed by atoms with van der Waals surface area (Å²) in [7, 11) is 0. The molecule has 0 aromatic heterocycles. The summed E-state index contributed by atoms with van der Waals surface area (Å²) in [4.78, 5) is 11.9. The van der Waals surface area contributed by atoms with E-state index in [1.54, 1.807) is 6.07 Å². The number of nitrogens with two attached hydrogens (primary N) is 1. The smallest absolute Gasteiger partial charge is 0.251 e. The molecule has 0 saturated heterocycles. The second-order valence-corrected chi connectivity index (χ2v) is 4.14. The van der Waals surface area contributed by atoms with Crippen LogP contribution in [0.15, 0.2) is 24.3 Å². The maximum Gasteiger partial charge on any atom is 0.251 e. The van der Waals surface area contributed by atoms with Gasteiger partial charge in [0.25, 0.3) is 5.91 Å². The number of nitrogens with one attached hydrogen (secondary N) is 1. The first-order chi connectivity index (χ1) is 8.06. The van der Waals surface area contributed by atoms with Crippen LogP contribution in [0.25, 0.3) is 0 Å². The Labute approximate surface area is 103 Å². The number of hydrogen-bond donors (Lipinski definition) is 2. The second kappa shape index (κ2) is 6.09. The van der Waals surface area contributed by atoms with Crippen LogP contribution >= 0.6 is 0 Å². The van der Waals surface area contributed by atoms with E-state index in [4.69, 9.17) is 5.73 Å². The van der Waals surface area contributed by atoms with Crippen molar-refractivity contribution in [3.8, 4) is 0 Å². The monoisotopic (exact) mass is 232 g/mol. The quantitative estimate of drug-likeness (QED) is 0.476. The van der Waals surface area contributed by atoms with Gasteiger partial charge in [-0.15, -0.1) is 0 Å². The van der Waals surface area contributed by atoms with Crippen LogP contribution in [0, 0.1) is 13.8 Å². The van der Waals surface area contributed by atoms with Gasteiger partial charge in [-0.05, 0) is 44.4 Å². The predicted octanol–water partition coefficient (Wildman–Crippen LogP) is 2.58. The zero-order chi connectivity index (χ0) is 12.8. The molecule has 1 aromatic carbocycles. The van der Waals surface area contributed by atoms with Gasteiger partial charge in [0.1, 0.15) is 0 Å². The lowest BCUT2D eigenvalue weighted by atomic mass is 10.0. The van der Waals surface area contributed by atoms with Crippen molar-refractivity contribution in [1.82, 2.24) is 5.32 Å². The number of hydrogen-bond acceptors (Lipinski definition) is 2. The average molecular weight is 232 g/mol. The number of benzene rings is 1. The fraction of sp³-hybridized carbons (Fsp3) is 0.357. The van der Waals surface area contributed by atoms with Gasteiger partial charge >= 0.3 is 0 Å². The summed E-state index contributed by atoms with van der Waals surface area (Å²) in [6, 6.07) is 3.69. The molecular weight excluding hydrogens is 212 g/mol. The van der Waals surface area contributed by atoms with Crippen LogP contribution in [0.5, 0.6) is 0 Å². The Morgan fingerprint density at radius 1 is 1.35 bits per heavy atom. The molecular formula is C14H20N2O. The third-order valence-corrected chi connectivity index (χ3v) is 2.69. The zero-order valence-corrected chi connectivity index (χ0v) is 10.7. The van der Waals surface area contributed by atoms with Gasteiger partial charge in [-0.3, -0.25) is 4.79 Å². The molecule has 0 aliphatic rings. The van der Waals surface area contributed by atoms with E-state index in [1.165, 1.54) is 0 Å². The Morgan fingerprint density at radius 3 is 2.71 bits per heavy atom. The summed E-state index contributed by atoms with van der Waals surface area (Å²) in [5.41, 5.74) is 9.10. The molecule has 0 bridgehead atoms. The summed E-state index contributed by atoms with van der Waals surface area (Å²) in [6.07, 6.45) is 4.85. The van der Waals surface area contributed by atoms with Crippen LogP contribution in [0.2, 0.25) is 0 Å². The first-order valence-electron chi connectivity index (χ1n) is 5.82. The lowest BCUT2D eigenvalue weighted by Crippen LogP contribution is -2.25. The highest BCUT2D eigenvalue weighted by Gasteiger charge is 2.09. The van der Waals surface area contributed by atoms with Crippen molar-refractivity contribution in [3.63, 3.8) is 0 Å². The molecule has 0 saturated carbocycles. The van der Waals surface area contributed by atoms with Crippen LogP contribution in [0.3, 0.4) is 0 Å². The van der Waals surface area contributed by atoms with Crippen molar-refractivity contribution in [3.05, 3.63) is 41.0 Å². The predicted molar refractivity (Wildman–Crippen MR) is 72.1 cm³/mol. The van der Waals surface area contributed by atoms with Crippen LogP contribution in [0.4, 0.5) is 5.69 Å². The molecule has 0 aliphatic heterocycles. The largest absolute Gasteiger partial charge is 0.398 e. The van der Waals surface area contributed by atoms with Gasteiger partial charge in [0.15, 0.2) is 0 Å². The van der Waals surface area contributed by atoms with Crippen molar-refractivity contribution < 1.29 is 4.79 Å². The third-order valence-electron chi connectivity index (χ3n) is 2.69. The highest BCUT2D eigenvalue weighted by Crippen LogP contribution is 2.17. The Hall–Kier alpha value is -1.77. The number of amides is 1. The zero-order valence-electron chi connectivity index (χ0n) is 10.7. The van der Waals surface area contributed by atoms with Crippen molar-refractivity contribution in [1.29, 1.82) is 0 Å². The molecule has 1 aromatic rings. The Kier molecular flexibility index (Phi) is 4.76. The number of rotatable bonds is 4. The van der Waals surface area contributed by atoms with E-state index in [0.717, 1.165) is 17.5 Å². The summed E-state index contributed by atoms with van der Waals surface area (Å²) in [5, 5.41) is 2.88. The Morgan fingerprint density at radius 2 is 2.06 bits per heavy atom. The van der Waals surface area contributed by atoms with E-state index < -0.39 is 0 Å². The lowest BCUT2D eigenvalue weighted by molar-refractivity contribution is 0.0954. The number of carbonyl (C=O) groups is 1. The number of nitrogen functional groups attached to an aromatic ring is 1. The maximum absolute atomic E-state index is 11.9. The van der Waals surface area contributed by atoms with Gasteiger partial charge in [-0.2, -0.15) is 0 Å². The second-order valence-electron chi connectivity index (χ2n) is 4.14.